The van der Waals surface area contributed by atoms with Gasteiger partial charge >= 0.3 is 5.97 Å². The molecule has 0 saturated carbocycles. The number of hydrogen-bond acceptors (Lipinski definition) is 4. The Morgan fingerprint density at radius 3 is 2.42 bits per heavy atom. The molecule has 0 aliphatic carbocycles. The van der Waals surface area contributed by atoms with Crippen molar-refractivity contribution < 1.29 is 19.1 Å². The quantitative estimate of drug-likeness (QED) is 0.640. The summed E-state index contributed by atoms with van der Waals surface area (Å²) >= 11 is 0. The van der Waals surface area contributed by atoms with Gasteiger partial charge in [0.05, 0.1) is 13.0 Å². The van der Waals surface area contributed by atoms with Gasteiger partial charge in [-0.2, -0.15) is 0 Å². The van der Waals surface area contributed by atoms with Crippen molar-refractivity contribution in [3.63, 3.8) is 0 Å². The third-order valence-electron chi connectivity index (χ3n) is 4.14. The summed E-state index contributed by atoms with van der Waals surface area (Å²) in [6, 6.07) is 14.5. The second-order valence-electron chi connectivity index (χ2n) is 5.79. The van der Waals surface area contributed by atoms with Gasteiger partial charge in [-0.15, -0.1) is 0 Å². The van der Waals surface area contributed by atoms with E-state index in [1.807, 2.05) is 31.2 Å². The normalized spacial score (nSPS) is 17.0. The molecule has 0 radical (unpaired) electrons. The largest absolute Gasteiger partial charge is 0.497 e. The van der Waals surface area contributed by atoms with Crippen molar-refractivity contribution in [2.75, 3.05) is 18.6 Å². The molecule has 5 heteroatoms. The Kier molecular flexibility index (Phi) is 4.51. The first-order chi connectivity index (χ1) is 11.6. The van der Waals surface area contributed by atoms with Gasteiger partial charge in [0.1, 0.15) is 11.5 Å². The molecule has 5 nitrogen and oxygen atoms in total. The van der Waals surface area contributed by atoms with Crippen LogP contribution in [0.2, 0.25) is 0 Å². The number of rotatable bonds is 4. The Balaban J connectivity index is 1.68. The first-order valence-electron chi connectivity index (χ1n) is 7.80. The minimum atomic E-state index is -0.459. The fraction of sp³-hybridized carbons (Fsp3) is 0.263. The molecule has 1 saturated heterocycles. The lowest BCUT2D eigenvalue weighted by Gasteiger charge is -2.18. The van der Waals surface area contributed by atoms with Crippen LogP contribution in [0.25, 0.3) is 0 Å². The van der Waals surface area contributed by atoms with Crippen molar-refractivity contribution in [3.05, 3.63) is 54.1 Å². The van der Waals surface area contributed by atoms with Crippen LogP contribution in [0.5, 0.6) is 11.5 Å². The van der Waals surface area contributed by atoms with Crippen LogP contribution in [-0.2, 0) is 9.59 Å². The number of anilines is 1. The van der Waals surface area contributed by atoms with Crippen molar-refractivity contribution >= 4 is 17.6 Å². The Hall–Kier alpha value is -2.82. The zero-order valence-corrected chi connectivity index (χ0v) is 13.7. The van der Waals surface area contributed by atoms with Gasteiger partial charge in [-0.25, -0.2) is 0 Å². The summed E-state index contributed by atoms with van der Waals surface area (Å²) in [5.41, 5.74) is 1.86. The second kappa shape index (κ2) is 6.74. The summed E-state index contributed by atoms with van der Waals surface area (Å²) in [5, 5.41) is 0. The van der Waals surface area contributed by atoms with Crippen LogP contribution in [0.1, 0.15) is 12.0 Å². The number of carbonyl (C=O) groups is 2. The number of esters is 1. The minimum Gasteiger partial charge on any atom is -0.497 e. The van der Waals surface area contributed by atoms with Gasteiger partial charge in [-0.1, -0.05) is 18.2 Å². The van der Waals surface area contributed by atoms with E-state index in [4.69, 9.17) is 9.47 Å². The van der Waals surface area contributed by atoms with E-state index >= 15 is 0 Å². The molecule has 3 rings (SSSR count). The number of ether oxygens (including phenoxy) is 2. The van der Waals surface area contributed by atoms with Crippen LogP contribution in [-0.4, -0.2) is 25.5 Å². The molecule has 1 fully saturated rings. The number of amides is 1. The first-order valence-corrected chi connectivity index (χ1v) is 7.80. The Labute approximate surface area is 140 Å². The lowest BCUT2D eigenvalue weighted by atomic mass is 10.1. The molecule has 124 valence electrons. The fourth-order valence-corrected chi connectivity index (χ4v) is 2.81. The summed E-state index contributed by atoms with van der Waals surface area (Å²) in [6.07, 6.45) is 0.170. The summed E-state index contributed by atoms with van der Waals surface area (Å²) < 4.78 is 10.5. The molecular weight excluding hydrogens is 306 g/mol. The van der Waals surface area contributed by atoms with Gasteiger partial charge in [0, 0.05) is 18.7 Å². The van der Waals surface area contributed by atoms with Crippen LogP contribution in [0.15, 0.2) is 48.5 Å². The molecule has 2 aromatic carbocycles. The van der Waals surface area contributed by atoms with Crippen molar-refractivity contribution in [2.45, 2.75) is 13.3 Å². The van der Waals surface area contributed by atoms with Crippen LogP contribution >= 0.6 is 0 Å². The minimum absolute atomic E-state index is 0.0546. The van der Waals surface area contributed by atoms with Gasteiger partial charge < -0.3 is 14.4 Å². The Morgan fingerprint density at radius 1 is 1.08 bits per heavy atom. The highest BCUT2D eigenvalue weighted by atomic mass is 16.5. The van der Waals surface area contributed by atoms with E-state index in [-0.39, 0.29) is 18.3 Å². The van der Waals surface area contributed by atoms with Crippen molar-refractivity contribution in [1.82, 2.24) is 0 Å². The number of benzene rings is 2. The molecule has 1 aliphatic rings. The highest BCUT2D eigenvalue weighted by Gasteiger charge is 2.36. The summed E-state index contributed by atoms with van der Waals surface area (Å²) in [7, 11) is 1.57. The number of methoxy groups -OCH3 is 1. The molecule has 0 aromatic heterocycles. The van der Waals surface area contributed by atoms with E-state index < -0.39 is 5.92 Å². The van der Waals surface area contributed by atoms with E-state index in [0.29, 0.717) is 18.0 Å². The molecule has 2 aromatic rings. The predicted octanol–water partition coefficient (Wildman–Crippen LogP) is 2.96. The molecule has 1 aliphatic heterocycles. The van der Waals surface area contributed by atoms with Gasteiger partial charge in [-0.05, 0) is 42.8 Å². The third kappa shape index (κ3) is 3.25. The lowest BCUT2D eigenvalue weighted by Crippen LogP contribution is -2.27. The smallest absolute Gasteiger partial charge is 0.316 e. The third-order valence-corrected chi connectivity index (χ3v) is 4.14. The second-order valence-corrected chi connectivity index (χ2v) is 5.79. The van der Waals surface area contributed by atoms with E-state index in [1.54, 1.807) is 36.3 Å². The van der Waals surface area contributed by atoms with Crippen LogP contribution in [0.4, 0.5) is 5.69 Å². The van der Waals surface area contributed by atoms with E-state index in [2.05, 4.69) is 0 Å². The van der Waals surface area contributed by atoms with Gasteiger partial charge in [0.25, 0.3) is 0 Å². The van der Waals surface area contributed by atoms with E-state index in [0.717, 1.165) is 11.3 Å². The summed E-state index contributed by atoms with van der Waals surface area (Å²) in [5.74, 6) is 0.240. The molecule has 24 heavy (non-hydrogen) atoms. The monoisotopic (exact) mass is 325 g/mol. The van der Waals surface area contributed by atoms with Gasteiger partial charge in [0.2, 0.25) is 5.91 Å². The Bertz CT molecular complexity index is 754. The topological polar surface area (TPSA) is 55.8 Å². The zero-order chi connectivity index (χ0) is 17.1. The lowest BCUT2D eigenvalue weighted by molar-refractivity contribution is -0.139. The maximum atomic E-state index is 12.3. The van der Waals surface area contributed by atoms with E-state index in [9.17, 15) is 9.59 Å². The molecule has 0 spiro atoms. The fourth-order valence-electron chi connectivity index (χ4n) is 2.81. The average molecular weight is 325 g/mol. The SMILES string of the molecule is COc1ccc(OC(=O)[C@H]2CC(=O)N(c3ccccc3C)C2)cc1. The summed E-state index contributed by atoms with van der Waals surface area (Å²) in [6.45, 7) is 2.30. The maximum Gasteiger partial charge on any atom is 0.316 e. The van der Waals surface area contributed by atoms with Gasteiger partial charge in [-0.3, -0.25) is 9.59 Å². The van der Waals surface area contributed by atoms with Crippen LogP contribution in [0, 0.1) is 12.8 Å². The number of aryl methyl sites for hydroxylation is 1. The van der Waals surface area contributed by atoms with Crippen molar-refractivity contribution in [3.8, 4) is 11.5 Å². The molecule has 0 bridgehead atoms. The number of hydrogen-bond donors (Lipinski definition) is 0. The van der Waals surface area contributed by atoms with Crippen molar-refractivity contribution in [2.24, 2.45) is 5.92 Å². The first kappa shape index (κ1) is 16.1. The Morgan fingerprint density at radius 2 is 1.75 bits per heavy atom. The predicted molar refractivity (Wildman–Crippen MR) is 90.3 cm³/mol. The molecular formula is C19H19NO4. The highest BCUT2D eigenvalue weighted by molar-refractivity contribution is 6.00. The number of nitrogens with zero attached hydrogens (tertiary/aromatic N) is 1. The average Bonchev–Trinajstić information content (AvgIpc) is 2.98. The number of carbonyl (C=O) groups excluding carboxylic acids is 2. The standard InChI is InChI=1S/C19H19NO4/c1-13-5-3-4-6-17(13)20-12-14(11-18(20)21)19(22)24-16-9-7-15(23-2)8-10-16/h3-10,14H,11-12H2,1-2H3/t14-/m0/s1. The summed E-state index contributed by atoms with van der Waals surface area (Å²) in [4.78, 5) is 26.3. The zero-order valence-electron chi connectivity index (χ0n) is 13.7. The van der Waals surface area contributed by atoms with Crippen LogP contribution in [0.3, 0.4) is 0 Å². The van der Waals surface area contributed by atoms with Gasteiger partial charge in [0.15, 0.2) is 0 Å². The van der Waals surface area contributed by atoms with Crippen LogP contribution < -0.4 is 14.4 Å². The molecule has 1 amide bonds. The number of para-hydroxylation sites is 1. The maximum absolute atomic E-state index is 12.3. The molecule has 0 unspecified atom stereocenters. The molecule has 1 atom stereocenters. The molecule has 0 N–H and O–H groups in total. The highest BCUT2D eigenvalue weighted by Crippen LogP contribution is 2.29. The van der Waals surface area contributed by atoms with Crippen molar-refractivity contribution in [1.29, 1.82) is 0 Å². The van der Waals surface area contributed by atoms with E-state index in [1.165, 1.54) is 0 Å². The molecule has 1 heterocycles.